The van der Waals surface area contributed by atoms with Crippen molar-refractivity contribution in [1.82, 2.24) is 19.4 Å². The van der Waals surface area contributed by atoms with E-state index in [9.17, 15) is 4.79 Å². The lowest BCUT2D eigenvalue weighted by molar-refractivity contribution is -0.125. The van der Waals surface area contributed by atoms with Gasteiger partial charge in [-0.2, -0.15) is 0 Å². The Bertz CT molecular complexity index is 895. The number of rotatable bonds is 4. The number of pyridine rings is 2. The lowest BCUT2D eigenvalue weighted by Gasteiger charge is -2.14. The van der Waals surface area contributed by atoms with Crippen LogP contribution in [0.3, 0.4) is 0 Å². The van der Waals surface area contributed by atoms with Crippen LogP contribution in [-0.2, 0) is 18.4 Å². The summed E-state index contributed by atoms with van der Waals surface area (Å²) >= 11 is 0. The smallest absolute Gasteiger partial charge is 0.246 e. The number of fused-ring (bicyclic) bond motifs is 1. The standard InChI is InChI=1S/C18H19N5O/c1-22(17(24)8-6-13-5-7-16(19)21-10-13)11-14-12-23(2)18-15(14)4-3-9-20-18/h3-10,12H,11H2,1-2H3,(H2,19,21). The van der Waals surface area contributed by atoms with E-state index in [0.717, 1.165) is 22.2 Å². The van der Waals surface area contributed by atoms with Crippen molar-refractivity contribution in [2.45, 2.75) is 6.54 Å². The van der Waals surface area contributed by atoms with Crippen LogP contribution in [0.2, 0.25) is 0 Å². The Morgan fingerprint density at radius 1 is 1.33 bits per heavy atom. The number of nitrogens with two attached hydrogens (primary N) is 1. The summed E-state index contributed by atoms with van der Waals surface area (Å²) < 4.78 is 1.97. The summed E-state index contributed by atoms with van der Waals surface area (Å²) in [6.07, 6.45) is 8.68. The van der Waals surface area contributed by atoms with Crippen LogP contribution < -0.4 is 5.73 Å². The fourth-order valence-electron chi connectivity index (χ4n) is 2.56. The summed E-state index contributed by atoms with van der Waals surface area (Å²) in [6.45, 7) is 0.520. The maximum absolute atomic E-state index is 12.3. The van der Waals surface area contributed by atoms with E-state index in [1.165, 1.54) is 6.08 Å². The Kier molecular flexibility index (Phi) is 4.29. The number of hydrogen-bond donors (Lipinski definition) is 1. The van der Waals surface area contributed by atoms with Gasteiger partial charge in [-0.15, -0.1) is 0 Å². The second kappa shape index (κ2) is 6.54. The monoisotopic (exact) mass is 321 g/mol. The van der Waals surface area contributed by atoms with Crippen LogP contribution in [0.25, 0.3) is 17.1 Å². The van der Waals surface area contributed by atoms with Gasteiger partial charge in [-0.05, 0) is 41.5 Å². The predicted molar refractivity (Wildman–Crippen MR) is 94.9 cm³/mol. The predicted octanol–water partition coefficient (Wildman–Crippen LogP) is 2.22. The highest BCUT2D eigenvalue weighted by Gasteiger charge is 2.11. The van der Waals surface area contributed by atoms with Gasteiger partial charge in [0.05, 0.1) is 0 Å². The first-order valence-electron chi connectivity index (χ1n) is 7.58. The first-order valence-corrected chi connectivity index (χ1v) is 7.58. The molecule has 3 aromatic heterocycles. The fraction of sp³-hybridized carbons (Fsp3) is 0.167. The third-order valence-electron chi connectivity index (χ3n) is 3.83. The van der Waals surface area contributed by atoms with E-state index in [1.807, 2.05) is 36.0 Å². The Balaban J connectivity index is 1.72. The van der Waals surface area contributed by atoms with Crippen molar-refractivity contribution in [2.75, 3.05) is 12.8 Å². The number of aromatic nitrogens is 3. The highest BCUT2D eigenvalue weighted by Crippen LogP contribution is 2.19. The Hall–Kier alpha value is -3.15. The summed E-state index contributed by atoms with van der Waals surface area (Å²) in [4.78, 5) is 22.3. The molecule has 3 heterocycles. The van der Waals surface area contributed by atoms with Crippen molar-refractivity contribution in [3.63, 3.8) is 0 Å². The molecule has 0 aliphatic rings. The number of aryl methyl sites for hydroxylation is 1. The van der Waals surface area contributed by atoms with E-state index in [1.54, 1.807) is 36.5 Å². The van der Waals surface area contributed by atoms with Crippen molar-refractivity contribution < 1.29 is 4.79 Å². The van der Waals surface area contributed by atoms with E-state index in [-0.39, 0.29) is 5.91 Å². The average molecular weight is 321 g/mol. The van der Waals surface area contributed by atoms with Crippen LogP contribution in [0, 0.1) is 0 Å². The molecule has 3 rings (SSSR count). The number of carbonyl (C=O) groups is 1. The van der Waals surface area contributed by atoms with Crippen LogP contribution in [0.15, 0.2) is 48.9 Å². The molecule has 0 unspecified atom stereocenters. The zero-order valence-corrected chi connectivity index (χ0v) is 13.7. The highest BCUT2D eigenvalue weighted by atomic mass is 16.2. The Morgan fingerprint density at radius 3 is 2.92 bits per heavy atom. The topological polar surface area (TPSA) is 77.0 Å². The van der Waals surface area contributed by atoms with Gasteiger partial charge in [-0.1, -0.05) is 0 Å². The number of likely N-dealkylation sites (N-methyl/N-ethyl adjacent to an activating group) is 1. The largest absolute Gasteiger partial charge is 0.384 e. The molecule has 0 atom stereocenters. The van der Waals surface area contributed by atoms with E-state index >= 15 is 0 Å². The molecule has 0 saturated heterocycles. The zero-order chi connectivity index (χ0) is 17.1. The van der Waals surface area contributed by atoms with E-state index in [0.29, 0.717) is 12.4 Å². The number of carbonyl (C=O) groups excluding carboxylic acids is 1. The maximum Gasteiger partial charge on any atom is 0.246 e. The molecule has 0 aromatic carbocycles. The van der Waals surface area contributed by atoms with Gasteiger partial charge in [-0.3, -0.25) is 4.79 Å². The van der Waals surface area contributed by atoms with Crippen LogP contribution >= 0.6 is 0 Å². The highest BCUT2D eigenvalue weighted by molar-refractivity contribution is 5.92. The molecular weight excluding hydrogens is 302 g/mol. The van der Waals surface area contributed by atoms with Gasteiger partial charge in [0.15, 0.2) is 0 Å². The fourth-order valence-corrected chi connectivity index (χ4v) is 2.56. The van der Waals surface area contributed by atoms with Crippen molar-refractivity contribution >= 4 is 28.8 Å². The van der Waals surface area contributed by atoms with Gasteiger partial charge in [0, 0.05) is 50.7 Å². The van der Waals surface area contributed by atoms with Crippen molar-refractivity contribution in [2.24, 2.45) is 7.05 Å². The second-order valence-corrected chi connectivity index (χ2v) is 5.68. The minimum absolute atomic E-state index is 0.0762. The van der Waals surface area contributed by atoms with Crippen LogP contribution in [0.1, 0.15) is 11.1 Å². The van der Waals surface area contributed by atoms with E-state index in [2.05, 4.69) is 9.97 Å². The molecule has 6 heteroatoms. The molecule has 1 amide bonds. The SMILES string of the molecule is CN(Cc1cn(C)c2ncccc12)C(=O)C=Cc1ccc(N)nc1. The first kappa shape index (κ1) is 15.7. The molecule has 3 aromatic rings. The van der Waals surface area contributed by atoms with Crippen molar-refractivity contribution in [1.29, 1.82) is 0 Å². The molecule has 0 aliphatic heterocycles. The van der Waals surface area contributed by atoms with Crippen LogP contribution in [0.5, 0.6) is 0 Å². The lowest BCUT2D eigenvalue weighted by Crippen LogP contribution is -2.24. The summed E-state index contributed by atoms with van der Waals surface area (Å²) in [6, 6.07) is 7.45. The third-order valence-corrected chi connectivity index (χ3v) is 3.83. The quantitative estimate of drug-likeness (QED) is 0.748. The summed E-state index contributed by atoms with van der Waals surface area (Å²) in [5.41, 5.74) is 8.36. The van der Waals surface area contributed by atoms with Gasteiger partial charge >= 0.3 is 0 Å². The van der Waals surface area contributed by atoms with Crippen molar-refractivity contribution in [3.05, 3.63) is 60.1 Å². The molecule has 0 spiro atoms. The third kappa shape index (κ3) is 3.27. The van der Waals surface area contributed by atoms with Gasteiger partial charge in [0.2, 0.25) is 5.91 Å². The van der Waals surface area contributed by atoms with Gasteiger partial charge in [0.25, 0.3) is 0 Å². The molecule has 0 fully saturated rings. The van der Waals surface area contributed by atoms with Gasteiger partial charge in [0.1, 0.15) is 11.5 Å². The Morgan fingerprint density at radius 2 is 2.17 bits per heavy atom. The number of amides is 1. The molecular formula is C18H19N5O. The number of nitrogen functional groups attached to an aromatic ring is 1. The molecule has 2 N–H and O–H groups in total. The van der Waals surface area contributed by atoms with Gasteiger partial charge in [-0.25, -0.2) is 9.97 Å². The van der Waals surface area contributed by atoms with E-state index in [4.69, 9.17) is 5.73 Å². The molecule has 0 aliphatic carbocycles. The number of nitrogens with zero attached hydrogens (tertiary/aromatic N) is 4. The summed E-state index contributed by atoms with van der Waals surface area (Å²) in [5.74, 6) is 0.382. The second-order valence-electron chi connectivity index (χ2n) is 5.68. The van der Waals surface area contributed by atoms with Gasteiger partial charge < -0.3 is 15.2 Å². The molecule has 6 nitrogen and oxygen atoms in total. The minimum atomic E-state index is -0.0762. The van der Waals surface area contributed by atoms with E-state index < -0.39 is 0 Å². The normalized spacial score (nSPS) is 11.2. The molecule has 122 valence electrons. The summed E-state index contributed by atoms with van der Waals surface area (Å²) in [5, 5.41) is 1.06. The maximum atomic E-state index is 12.3. The molecule has 0 bridgehead atoms. The summed E-state index contributed by atoms with van der Waals surface area (Å²) in [7, 11) is 3.73. The minimum Gasteiger partial charge on any atom is -0.384 e. The molecule has 0 saturated carbocycles. The number of anilines is 1. The Labute approximate surface area is 140 Å². The number of hydrogen-bond acceptors (Lipinski definition) is 4. The zero-order valence-electron chi connectivity index (χ0n) is 13.7. The van der Waals surface area contributed by atoms with Crippen LogP contribution in [-0.4, -0.2) is 32.4 Å². The lowest BCUT2D eigenvalue weighted by atomic mass is 10.2. The first-order chi connectivity index (χ1) is 11.5. The van der Waals surface area contributed by atoms with Crippen molar-refractivity contribution in [3.8, 4) is 0 Å². The molecule has 24 heavy (non-hydrogen) atoms. The molecule has 0 radical (unpaired) electrons. The van der Waals surface area contributed by atoms with Crippen LogP contribution in [0.4, 0.5) is 5.82 Å². The average Bonchev–Trinajstić information content (AvgIpc) is 2.90.